The molecule has 15 nitrogen and oxygen atoms in total. The Balaban J connectivity index is 1.11. The van der Waals surface area contributed by atoms with Crippen molar-refractivity contribution >= 4 is 47.0 Å². The summed E-state index contributed by atoms with van der Waals surface area (Å²) in [6.07, 6.45) is 4.45. The molecule has 3 aliphatic heterocycles. The van der Waals surface area contributed by atoms with Crippen LogP contribution in [0.3, 0.4) is 0 Å². The van der Waals surface area contributed by atoms with Gasteiger partial charge in [0.1, 0.15) is 35.7 Å². The van der Waals surface area contributed by atoms with Crippen LogP contribution in [-0.2, 0) is 41.6 Å². The van der Waals surface area contributed by atoms with Crippen molar-refractivity contribution < 1.29 is 38.7 Å². The number of piperidine rings is 1. The van der Waals surface area contributed by atoms with Crippen molar-refractivity contribution in [3.05, 3.63) is 65.2 Å². The van der Waals surface area contributed by atoms with E-state index in [1.54, 1.807) is 24.0 Å². The maximum atomic E-state index is 14.2. The molecule has 312 valence electrons. The Morgan fingerprint density at radius 2 is 1.57 bits per heavy atom. The van der Waals surface area contributed by atoms with Crippen LogP contribution in [0, 0.1) is 12.8 Å². The second-order valence-corrected chi connectivity index (χ2v) is 16.5. The summed E-state index contributed by atoms with van der Waals surface area (Å²) >= 11 is 0. The summed E-state index contributed by atoms with van der Waals surface area (Å²) < 4.78 is 0. The minimum Gasteiger partial charge on any atom is -0.394 e. The zero-order valence-electron chi connectivity index (χ0n) is 33.9. The number of nitrogens with zero attached hydrogens (tertiary/aromatic N) is 3. The fraction of sp³-hybridized carbons (Fsp3) is 0.558. The van der Waals surface area contributed by atoms with Gasteiger partial charge < -0.3 is 41.1 Å². The van der Waals surface area contributed by atoms with Gasteiger partial charge in [-0.15, -0.1) is 0 Å². The maximum absolute atomic E-state index is 14.2. The Kier molecular flexibility index (Phi) is 13.2. The number of benzene rings is 2. The van der Waals surface area contributed by atoms with Gasteiger partial charge in [0.2, 0.25) is 29.5 Å². The molecule has 3 saturated heterocycles. The van der Waals surface area contributed by atoms with E-state index in [0.717, 1.165) is 23.1 Å². The van der Waals surface area contributed by atoms with Gasteiger partial charge in [0.15, 0.2) is 5.78 Å². The van der Waals surface area contributed by atoms with Gasteiger partial charge >= 0.3 is 6.03 Å². The summed E-state index contributed by atoms with van der Waals surface area (Å²) in [5.74, 6) is -2.32. The molecule has 3 heterocycles. The van der Waals surface area contributed by atoms with Crippen molar-refractivity contribution in [1.82, 2.24) is 30.7 Å². The van der Waals surface area contributed by atoms with Gasteiger partial charge in [0, 0.05) is 38.2 Å². The fourth-order valence-corrected chi connectivity index (χ4v) is 8.83. The van der Waals surface area contributed by atoms with Gasteiger partial charge in [-0.2, -0.15) is 0 Å². The van der Waals surface area contributed by atoms with E-state index in [-0.39, 0.29) is 37.1 Å². The number of carbonyl (C=O) groups is 7. The Hall–Kier alpha value is -5.31. The Morgan fingerprint density at radius 1 is 0.862 bits per heavy atom. The predicted molar refractivity (Wildman–Crippen MR) is 215 cm³/mol. The van der Waals surface area contributed by atoms with Crippen molar-refractivity contribution in [1.29, 1.82) is 0 Å². The molecule has 0 aromatic heterocycles. The molecule has 4 aliphatic rings. The number of nitrogens with one attached hydrogen (secondary N) is 4. The largest absolute Gasteiger partial charge is 0.394 e. The zero-order chi connectivity index (χ0) is 41.7. The van der Waals surface area contributed by atoms with Crippen LogP contribution in [-0.4, -0.2) is 123 Å². The SMILES string of the molecule is CCc1ccc(NC(=O)N[C@@H](Cc2cccc(C)c2)C(=O)N[C@@H](CO)C(=O)N2CCC[C@H]2C(=O)N2CCCC[C@H]2C(=O)N[C@@H](C)C(=O)N2C[C@@H](C)C[C@@]23CC3=O)cc1. The highest BCUT2D eigenvalue weighted by atomic mass is 16.3. The van der Waals surface area contributed by atoms with Crippen LogP contribution in [0.1, 0.15) is 82.4 Å². The lowest BCUT2D eigenvalue weighted by molar-refractivity contribution is -0.151. The lowest BCUT2D eigenvalue weighted by Crippen LogP contribution is -2.61. The van der Waals surface area contributed by atoms with Gasteiger partial charge in [0.25, 0.3) is 0 Å². The number of aliphatic hydroxyl groups excluding tert-OH is 1. The normalized spacial score (nSPS) is 24.2. The van der Waals surface area contributed by atoms with Crippen molar-refractivity contribution in [3.63, 3.8) is 0 Å². The van der Waals surface area contributed by atoms with Crippen molar-refractivity contribution in [2.45, 2.75) is 121 Å². The average Bonchev–Trinajstić information content (AvgIpc) is 3.48. The molecule has 5 N–H and O–H groups in total. The standard InChI is InChI=1S/C43H57N7O8/c1-5-29-14-16-31(17-15-29)45-42(58)47-32(21-30-11-8-10-26(2)20-30)37(53)46-33(25-51)40(56)49-19-9-13-35(49)41(57)48-18-7-6-12-34(48)38(54)44-28(4)39(55)50-24-27(3)22-43(50)23-36(43)52/h8,10-11,14-17,20,27-28,32-35,51H,5-7,9,12-13,18-19,21-25H2,1-4H3,(H,44,54)(H,46,53)(H2,45,47,58)/t27-,28-,32-,33-,34-,35-,43-/m0/s1. The first-order chi connectivity index (χ1) is 27.7. The number of aliphatic hydroxyl groups is 1. The van der Waals surface area contributed by atoms with Crippen LogP contribution >= 0.6 is 0 Å². The number of ketones is 1. The quantitative estimate of drug-likeness (QED) is 0.203. The predicted octanol–water partition coefficient (Wildman–Crippen LogP) is 2.22. The number of rotatable bonds is 13. The van der Waals surface area contributed by atoms with Gasteiger partial charge in [-0.3, -0.25) is 28.8 Å². The number of aryl methyl sites for hydroxylation is 2. The third kappa shape index (κ3) is 9.35. The van der Waals surface area contributed by atoms with Crippen molar-refractivity contribution in [2.24, 2.45) is 5.92 Å². The van der Waals surface area contributed by atoms with Gasteiger partial charge in [-0.25, -0.2) is 4.79 Å². The lowest BCUT2D eigenvalue weighted by atomic mass is 9.99. The summed E-state index contributed by atoms with van der Waals surface area (Å²) in [4.78, 5) is 99.3. The van der Waals surface area contributed by atoms with E-state index < -0.39 is 72.0 Å². The number of likely N-dealkylation sites (tertiary alicyclic amines) is 3. The van der Waals surface area contributed by atoms with Crippen LogP contribution in [0.5, 0.6) is 0 Å². The molecule has 6 rings (SSSR count). The lowest BCUT2D eigenvalue weighted by Gasteiger charge is -2.39. The number of anilines is 1. The number of hydrogen-bond acceptors (Lipinski definition) is 8. The molecule has 2 aromatic carbocycles. The molecule has 1 aliphatic carbocycles. The molecule has 58 heavy (non-hydrogen) atoms. The van der Waals surface area contributed by atoms with Crippen molar-refractivity contribution in [3.8, 4) is 0 Å². The monoisotopic (exact) mass is 799 g/mol. The highest BCUT2D eigenvalue weighted by molar-refractivity contribution is 6.09. The summed E-state index contributed by atoms with van der Waals surface area (Å²) in [7, 11) is 0. The minimum absolute atomic E-state index is 0.0433. The summed E-state index contributed by atoms with van der Waals surface area (Å²) in [6.45, 7) is 7.73. The van der Waals surface area contributed by atoms with Crippen LogP contribution in [0.15, 0.2) is 48.5 Å². The maximum Gasteiger partial charge on any atom is 0.319 e. The number of amides is 7. The second kappa shape index (κ2) is 18.1. The summed E-state index contributed by atoms with van der Waals surface area (Å²) in [5, 5.41) is 21.4. The summed E-state index contributed by atoms with van der Waals surface area (Å²) in [5.41, 5.74) is 2.62. The molecule has 15 heteroatoms. The fourth-order valence-electron chi connectivity index (χ4n) is 8.83. The minimum atomic E-state index is -1.41. The molecule has 0 unspecified atom stereocenters. The molecule has 2 aromatic rings. The highest BCUT2D eigenvalue weighted by Gasteiger charge is 2.63. The molecule has 0 bridgehead atoms. The van der Waals surface area contributed by atoms with E-state index in [0.29, 0.717) is 57.2 Å². The number of hydrogen-bond donors (Lipinski definition) is 5. The average molecular weight is 800 g/mol. The van der Waals surface area contributed by atoms with E-state index in [1.165, 1.54) is 9.80 Å². The topological polar surface area (TPSA) is 198 Å². The van der Waals surface area contributed by atoms with E-state index in [1.807, 2.05) is 57.2 Å². The van der Waals surface area contributed by atoms with E-state index in [9.17, 15) is 38.7 Å². The van der Waals surface area contributed by atoms with Gasteiger partial charge in [-0.1, -0.05) is 55.8 Å². The molecule has 7 amide bonds. The molecule has 0 radical (unpaired) electrons. The van der Waals surface area contributed by atoms with E-state index in [4.69, 9.17) is 0 Å². The molecule has 1 saturated carbocycles. The Labute approximate surface area is 339 Å². The smallest absolute Gasteiger partial charge is 0.319 e. The summed E-state index contributed by atoms with van der Waals surface area (Å²) in [6, 6.07) is 8.97. The molecule has 4 fully saturated rings. The number of urea groups is 1. The first-order valence-electron chi connectivity index (χ1n) is 20.6. The second-order valence-electron chi connectivity index (χ2n) is 16.5. The van der Waals surface area contributed by atoms with Gasteiger partial charge in [-0.05, 0) is 88.0 Å². The van der Waals surface area contributed by atoms with E-state index >= 15 is 0 Å². The molecular weight excluding hydrogens is 743 g/mol. The van der Waals surface area contributed by atoms with E-state index in [2.05, 4.69) is 21.3 Å². The van der Waals surface area contributed by atoms with Crippen LogP contribution in [0.25, 0.3) is 0 Å². The first-order valence-corrected chi connectivity index (χ1v) is 20.6. The number of carbonyl (C=O) groups excluding carboxylic acids is 7. The third-order valence-corrected chi connectivity index (χ3v) is 12.0. The van der Waals surface area contributed by atoms with Crippen molar-refractivity contribution in [2.75, 3.05) is 31.6 Å². The highest BCUT2D eigenvalue weighted by Crippen LogP contribution is 2.48. The van der Waals surface area contributed by atoms with Crippen LogP contribution in [0.4, 0.5) is 10.5 Å². The Bertz CT molecular complexity index is 1900. The third-order valence-electron chi connectivity index (χ3n) is 12.0. The van der Waals surface area contributed by atoms with Crippen LogP contribution < -0.4 is 21.3 Å². The molecular formula is C43H57N7O8. The first kappa shape index (κ1) is 42.3. The molecule has 1 spiro atoms. The van der Waals surface area contributed by atoms with Crippen LogP contribution in [0.2, 0.25) is 0 Å². The molecule has 7 atom stereocenters. The number of Topliss-reactive ketones (excluding diaryl/α,β-unsaturated/α-hetero) is 1. The zero-order valence-corrected chi connectivity index (χ0v) is 33.9. The Morgan fingerprint density at radius 3 is 2.24 bits per heavy atom. The van der Waals surface area contributed by atoms with Gasteiger partial charge in [0.05, 0.1) is 6.61 Å².